The lowest BCUT2D eigenvalue weighted by atomic mass is 10.3. The zero-order valence-corrected chi connectivity index (χ0v) is 14.5. The van der Waals surface area contributed by atoms with E-state index in [1.807, 2.05) is 0 Å². The average Bonchev–Trinajstić information content (AvgIpc) is 3.29. The lowest BCUT2D eigenvalue weighted by molar-refractivity contribution is -0.123. The predicted molar refractivity (Wildman–Crippen MR) is 92.8 cm³/mol. The molecule has 0 saturated heterocycles. The fraction of sp³-hybridized carbons (Fsp3) is 0.176. The topological polar surface area (TPSA) is 99.3 Å². The Bertz CT molecular complexity index is 907. The van der Waals surface area contributed by atoms with Gasteiger partial charge in [-0.3, -0.25) is 9.48 Å². The second-order valence-electron chi connectivity index (χ2n) is 5.35. The first kappa shape index (κ1) is 17.7. The SMILES string of the molecule is CC(OC(=O)c1ccc(Cn2cccn2)o1)C(=O)Nc1cccnc1Cl. The van der Waals surface area contributed by atoms with Crippen LogP contribution in [0.15, 0.2) is 53.3 Å². The summed E-state index contributed by atoms with van der Waals surface area (Å²) in [6.07, 6.45) is 3.88. The molecule has 8 nitrogen and oxygen atoms in total. The standard InChI is InChI=1S/C17H15ClN4O4/c1-11(16(23)21-13-4-2-7-19-15(13)18)25-17(24)14-6-5-12(26-14)10-22-9-3-8-20-22/h2-9,11H,10H2,1H3,(H,21,23). The highest BCUT2D eigenvalue weighted by molar-refractivity contribution is 6.32. The third kappa shape index (κ3) is 4.28. The van der Waals surface area contributed by atoms with Gasteiger partial charge in [-0.2, -0.15) is 5.10 Å². The van der Waals surface area contributed by atoms with Crippen LogP contribution >= 0.6 is 11.6 Å². The van der Waals surface area contributed by atoms with Gasteiger partial charge in [-0.1, -0.05) is 11.6 Å². The second kappa shape index (κ2) is 7.83. The zero-order valence-electron chi connectivity index (χ0n) is 13.8. The molecule has 134 valence electrons. The van der Waals surface area contributed by atoms with E-state index in [1.54, 1.807) is 41.3 Å². The smallest absolute Gasteiger partial charge is 0.375 e. The van der Waals surface area contributed by atoms with Crippen LogP contribution in [0.1, 0.15) is 23.2 Å². The molecule has 1 N–H and O–H groups in total. The Morgan fingerprint density at radius 1 is 1.31 bits per heavy atom. The first-order valence-corrected chi connectivity index (χ1v) is 8.09. The van der Waals surface area contributed by atoms with E-state index in [0.29, 0.717) is 18.0 Å². The number of esters is 1. The monoisotopic (exact) mass is 374 g/mol. The number of halogens is 1. The summed E-state index contributed by atoms with van der Waals surface area (Å²) in [5.74, 6) is -0.723. The van der Waals surface area contributed by atoms with E-state index in [9.17, 15) is 9.59 Å². The van der Waals surface area contributed by atoms with Crippen molar-refractivity contribution < 1.29 is 18.7 Å². The number of hydrogen-bond donors (Lipinski definition) is 1. The third-order valence-electron chi connectivity index (χ3n) is 3.41. The predicted octanol–water partition coefficient (Wildman–Crippen LogP) is 2.76. The second-order valence-corrected chi connectivity index (χ2v) is 5.71. The van der Waals surface area contributed by atoms with Gasteiger partial charge in [0.15, 0.2) is 11.3 Å². The fourth-order valence-corrected chi connectivity index (χ4v) is 2.28. The molecular weight excluding hydrogens is 360 g/mol. The molecule has 9 heteroatoms. The Balaban J connectivity index is 1.58. The molecule has 0 aliphatic heterocycles. The molecule has 0 aliphatic carbocycles. The highest BCUT2D eigenvalue weighted by atomic mass is 35.5. The van der Waals surface area contributed by atoms with Gasteiger partial charge in [-0.15, -0.1) is 0 Å². The van der Waals surface area contributed by atoms with E-state index >= 15 is 0 Å². The number of carbonyl (C=O) groups is 2. The molecule has 3 aromatic rings. The highest BCUT2D eigenvalue weighted by Crippen LogP contribution is 2.18. The Morgan fingerprint density at radius 2 is 2.15 bits per heavy atom. The molecule has 1 atom stereocenters. The van der Waals surface area contributed by atoms with E-state index in [0.717, 1.165) is 0 Å². The number of furan rings is 1. The Morgan fingerprint density at radius 3 is 2.88 bits per heavy atom. The molecule has 3 aromatic heterocycles. The van der Waals surface area contributed by atoms with Gasteiger partial charge in [0.2, 0.25) is 5.76 Å². The maximum absolute atomic E-state index is 12.1. The van der Waals surface area contributed by atoms with E-state index in [4.69, 9.17) is 20.8 Å². The third-order valence-corrected chi connectivity index (χ3v) is 3.71. The summed E-state index contributed by atoms with van der Waals surface area (Å²) in [5.41, 5.74) is 0.335. The molecule has 0 bridgehead atoms. The normalized spacial score (nSPS) is 11.8. The quantitative estimate of drug-likeness (QED) is 0.526. The summed E-state index contributed by atoms with van der Waals surface area (Å²) in [5, 5.41) is 6.75. The Hall–Kier alpha value is -3.13. The van der Waals surface area contributed by atoms with E-state index in [1.165, 1.54) is 19.2 Å². The molecule has 0 fully saturated rings. The van der Waals surface area contributed by atoms with Crippen molar-refractivity contribution in [3.05, 3.63) is 65.6 Å². The summed E-state index contributed by atoms with van der Waals surface area (Å²) in [7, 11) is 0. The number of anilines is 1. The van der Waals surface area contributed by atoms with Crippen molar-refractivity contribution in [2.45, 2.75) is 19.6 Å². The van der Waals surface area contributed by atoms with Crippen molar-refractivity contribution in [2.75, 3.05) is 5.32 Å². The maximum Gasteiger partial charge on any atom is 0.375 e. The van der Waals surface area contributed by atoms with Gasteiger partial charge in [-0.05, 0) is 37.3 Å². The van der Waals surface area contributed by atoms with Gasteiger partial charge in [0.05, 0.1) is 12.2 Å². The number of hydrogen-bond acceptors (Lipinski definition) is 6. The summed E-state index contributed by atoms with van der Waals surface area (Å²) < 4.78 is 12.2. The van der Waals surface area contributed by atoms with Crippen LogP contribution in [0, 0.1) is 0 Å². The van der Waals surface area contributed by atoms with Crippen molar-refractivity contribution in [1.29, 1.82) is 0 Å². The van der Waals surface area contributed by atoms with Crippen LogP contribution in [0.3, 0.4) is 0 Å². The molecule has 0 spiro atoms. The number of ether oxygens (including phenoxy) is 1. The van der Waals surface area contributed by atoms with Crippen molar-refractivity contribution in [2.24, 2.45) is 0 Å². The van der Waals surface area contributed by atoms with Crippen LogP contribution in [-0.2, 0) is 16.1 Å². The maximum atomic E-state index is 12.1. The molecule has 0 radical (unpaired) electrons. The number of nitrogens with zero attached hydrogens (tertiary/aromatic N) is 3. The first-order chi connectivity index (χ1) is 12.5. The van der Waals surface area contributed by atoms with Gasteiger partial charge >= 0.3 is 5.97 Å². The highest BCUT2D eigenvalue weighted by Gasteiger charge is 2.22. The molecule has 0 aromatic carbocycles. The lowest BCUT2D eigenvalue weighted by Crippen LogP contribution is -2.30. The Labute approximate surface area is 153 Å². The van der Waals surface area contributed by atoms with Gasteiger partial charge < -0.3 is 14.5 Å². The zero-order chi connectivity index (χ0) is 18.5. The number of aromatic nitrogens is 3. The summed E-state index contributed by atoms with van der Waals surface area (Å²) in [4.78, 5) is 28.1. The van der Waals surface area contributed by atoms with Crippen LogP contribution in [0.25, 0.3) is 0 Å². The fourth-order valence-electron chi connectivity index (χ4n) is 2.11. The van der Waals surface area contributed by atoms with Crippen LogP contribution < -0.4 is 5.32 Å². The Kier molecular flexibility index (Phi) is 5.33. The van der Waals surface area contributed by atoms with Gasteiger partial charge in [0.25, 0.3) is 5.91 Å². The molecule has 0 aliphatic rings. The molecule has 1 amide bonds. The summed E-state index contributed by atoms with van der Waals surface area (Å²) in [6.45, 7) is 1.83. The molecule has 26 heavy (non-hydrogen) atoms. The molecular formula is C17H15ClN4O4. The van der Waals surface area contributed by atoms with E-state index in [2.05, 4.69) is 15.4 Å². The number of amides is 1. The average molecular weight is 375 g/mol. The van der Waals surface area contributed by atoms with Crippen LogP contribution in [0.4, 0.5) is 5.69 Å². The first-order valence-electron chi connectivity index (χ1n) is 7.71. The molecule has 3 rings (SSSR count). The minimum absolute atomic E-state index is 0.00576. The van der Waals surface area contributed by atoms with Crippen LogP contribution in [0.2, 0.25) is 5.15 Å². The molecule has 0 saturated carbocycles. The summed E-state index contributed by atoms with van der Waals surface area (Å²) in [6, 6.07) is 8.15. The minimum Gasteiger partial charge on any atom is -0.452 e. The minimum atomic E-state index is -1.04. The van der Waals surface area contributed by atoms with Gasteiger partial charge in [0, 0.05) is 18.6 Å². The molecule has 3 heterocycles. The lowest BCUT2D eigenvalue weighted by Gasteiger charge is -2.13. The van der Waals surface area contributed by atoms with Crippen molar-refractivity contribution in [3.63, 3.8) is 0 Å². The van der Waals surface area contributed by atoms with Crippen molar-refractivity contribution >= 4 is 29.2 Å². The van der Waals surface area contributed by atoms with Crippen molar-refractivity contribution in [1.82, 2.24) is 14.8 Å². The van der Waals surface area contributed by atoms with E-state index < -0.39 is 18.0 Å². The van der Waals surface area contributed by atoms with E-state index in [-0.39, 0.29) is 10.9 Å². The number of pyridine rings is 1. The molecule has 1 unspecified atom stereocenters. The largest absolute Gasteiger partial charge is 0.452 e. The van der Waals surface area contributed by atoms with Gasteiger partial charge in [0.1, 0.15) is 5.76 Å². The number of rotatable bonds is 6. The van der Waals surface area contributed by atoms with Crippen LogP contribution in [0.5, 0.6) is 0 Å². The summed E-state index contributed by atoms with van der Waals surface area (Å²) >= 11 is 5.88. The van der Waals surface area contributed by atoms with Gasteiger partial charge in [-0.25, -0.2) is 9.78 Å². The van der Waals surface area contributed by atoms with Crippen molar-refractivity contribution in [3.8, 4) is 0 Å². The number of nitrogens with one attached hydrogen (secondary N) is 1. The number of carbonyl (C=O) groups excluding carboxylic acids is 2. The van der Waals surface area contributed by atoms with Crippen LogP contribution in [-0.4, -0.2) is 32.7 Å².